The number of halogens is 1. The molecule has 0 unspecified atom stereocenters. The van der Waals surface area contributed by atoms with Crippen LogP contribution in [-0.4, -0.2) is 81.4 Å². The number of carbonyl (C=O) groups is 3. The number of benzene rings is 2. The van der Waals surface area contributed by atoms with Crippen LogP contribution in [-0.2, 0) is 7.05 Å². The average Bonchev–Trinajstić information content (AvgIpc) is 3.29. The molecule has 0 saturated heterocycles. The molecule has 1 aliphatic heterocycles. The highest BCUT2D eigenvalue weighted by atomic mass is 19.1. The number of ether oxygens (including phenoxy) is 1. The molecule has 3 atom stereocenters. The predicted molar refractivity (Wildman–Crippen MR) is 152 cm³/mol. The molecule has 3 aromatic rings. The number of rotatable bonds is 7. The van der Waals surface area contributed by atoms with E-state index in [1.54, 1.807) is 57.1 Å². The predicted octanol–water partition coefficient (Wildman–Crippen LogP) is 3.50. The van der Waals surface area contributed by atoms with Gasteiger partial charge in [-0.25, -0.2) is 9.18 Å². The number of nitrogens with one attached hydrogen (secondary N) is 2. The Morgan fingerprint density at radius 1 is 1.22 bits per heavy atom. The van der Waals surface area contributed by atoms with Gasteiger partial charge in [0, 0.05) is 32.2 Å². The maximum atomic E-state index is 13.7. The first kappa shape index (κ1) is 29.5. The van der Waals surface area contributed by atoms with E-state index in [-0.39, 0.29) is 48.5 Å². The summed E-state index contributed by atoms with van der Waals surface area (Å²) < 4.78 is 21.2. The van der Waals surface area contributed by atoms with Gasteiger partial charge in [0.15, 0.2) is 5.75 Å². The van der Waals surface area contributed by atoms with E-state index in [0.29, 0.717) is 17.1 Å². The summed E-state index contributed by atoms with van der Waals surface area (Å²) in [5, 5.41) is 19.7. The van der Waals surface area contributed by atoms with Crippen LogP contribution in [0.25, 0.3) is 0 Å². The molecule has 1 aromatic heterocycles. The molecule has 12 heteroatoms. The minimum atomic E-state index is -0.601. The summed E-state index contributed by atoms with van der Waals surface area (Å²) in [7, 11) is 3.27. The van der Waals surface area contributed by atoms with Crippen molar-refractivity contribution in [2.24, 2.45) is 13.0 Å². The molecule has 11 nitrogen and oxygen atoms in total. The standard InChI is InChI=1S/C29H35FN6O5/c1-17-14-36(19(3)16-37)28(39)22-7-6-8-23(32-27(38)24-13-18(2)33-35(24)5)26(22)41-25(17)15-34(4)29(40)31-21-11-9-20(30)10-12-21/h6-13,17,19,25,37H,14-16H2,1-5H3,(H,31,40)(H,32,38)/t17-,19-,25-/m0/s1. The van der Waals surface area contributed by atoms with Crippen molar-refractivity contribution < 1.29 is 28.6 Å². The largest absolute Gasteiger partial charge is 0.485 e. The van der Waals surface area contributed by atoms with E-state index in [1.165, 1.54) is 33.8 Å². The minimum Gasteiger partial charge on any atom is -0.485 e. The van der Waals surface area contributed by atoms with E-state index in [4.69, 9.17) is 4.74 Å². The third-order valence-electron chi connectivity index (χ3n) is 7.07. The van der Waals surface area contributed by atoms with Gasteiger partial charge in [0.1, 0.15) is 17.6 Å². The first-order valence-electron chi connectivity index (χ1n) is 13.3. The fourth-order valence-electron chi connectivity index (χ4n) is 4.67. The lowest BCUT2D eigenvalue weighted by atomic mass is 9.99. The molecule has 0 spiro atoms. The molecule has 41 heavy (non-hydrogen) atoms. The number of amides is 4. The van der Waals surface area contributed by atoms with E-state index >= 15 is 0 Å². The van der Waals surface area contributed by atoms with E-state index in [0.717, 1.165) is 0 Å². The number of carbonyl (C=O) groups excluding carboxylic acids is 3. The van der Waals surface area contributed by atoms with Crippen molar-refractivity contribution in [2.75, 3.05) is 37.4 Å². The van der Waals surface area contributed by atoms with Crippen LogP contribution >= 0.6 is 0 Å². The Morgan fingerprint density at radius 2 is 1.93 bits per heavy atom. The fourth-order valence-corrected chi connectivity index (χ4v) is 4.67. The summed E-state index contributed by atoms with van der Waals surface area (Å²) in [4.78, 5) is 42.8. The molecular weight excluding hydrogens is 531 g/mol. The van der Waals surface area contributed by atoms with Crippen molar-refractivity contribution in [1.82, 2.24) is 19.6 Å². The molecule has 2 heterocycles. The van der Waals surface area contributed by atoms with Gasteiger partial charge in [0.05, 0.1) is 36.1 Å². The Morgan fingerprint density at radius 3 is 2.56 bits per heavy atom. The lowest BCUT2D eigenvalue weighted by Gasteiger charge is -2.38. The maximum Gasteiger partial charge on any atom is 0.321 e. The van der Waals surface area contributed by atoms with Gasteiger partial charge in [-0.05, 0) is 56.3 Å². The van der Waals surface area contributed by atoms with Crippen molar-refractivity contribution in [3.05, 3.63) is 71.3 Å². The molecule has 0 saturated carbocycles. The summed E-state index contributed by atoms with van der Waals surface area (Å²) in [6, 6.07) is 11.1. The molecular formula is C29H35FN6O5. The summed E-state index contributed by atoms with van der Waals surface area (Å²) in [6.45, 7) is 5.58. The lowest BCUT2D eigenvalue weighted by Crippen LogP contribution is -2.50. The van der Waals surface area contributed by atoms with Gasteiger partial charge in [-0.3, -0.25) is 14.3 Å². The van der Waals surface area contributed by atoms with Gasteiger partial charge in [0.2, 0.25) is 0 Å². The zero-order valence-electron chi connectivity index (χ0n) is 23.7. The number of aliphatic hydroxyl groups is 1. The Balaban J connectivity index is 1.65. The van der Waals surface area contributed by atoms with E-state index in [9.17, 15) is 23.9 Å². The van der Waals surface area contributed by atoms with Crippen LogP contribution in [0, 0.1) is 18.7 Å². The topological polar surface area (TPSA) is 129 Å². The smallest absolute Gasteiger partial charge is 0.321 e. The molecule has 4 rings (SSSR count). The minimum absolute atomic E-state index is 0.131. The zero-order valence-corrected chi connectivity index (χ0v) is 23.7. The first-order chi connectivity index (χ1) is 19.5. The number of para-hydroxylation sites is 1. The molecule has 4 amide bonds. The number of hydrogen-bond donors (Lipinski definition) is 3. The Labute approximate surface area is 237 Å². The molecule has 218 valence electrons. The van der Waals surface area contributed by atoms with Crippen LogP contribution in [0.15, 0.2) is 48.5 Å². The van der Waals surface area contributed by atoms with Gasteiger partial charge < -0.3 is 30.3 Å². The van der Waals surface area contributed by atoms with E-state index in [2.05, 4.69) is 15.7 Å². The number of urea groups is 1. The second-order valence-electron chi connectivity index (χ2n) is 10.4. The third kappa shape index (κ3) is 6.65. The second kappa shape index (κ2) is 12.4. The highest BCUT2D eigenvalue weighted by Gasteiger charge is 2.35. The van der Waals surface area contributed by atoms with E-state index in [1.807, 2.05) is 6.92 Å². The van der Waals surface area contributed by atoms with Crippen LogP contribution in [0.5, 0.6) is 5.75 Å². The van der Waals surface area contributed by atoms with Crippen LogP contribution in [0.2, 0.25) is 0 Å². The normalized spacial score (nSPS) is 17.5. The molecule has 0 bridgehead atoms. The number of fused-ring (bicyclic) bond motifs is 1. The summed E-state index contributed by atoms with van der Waals surface area (Å²) in [5.41, 5.74) is 1.95. The molecule has 0 fully saturated rings. The van der Waals surface area contributed by atoms with Gasteiger partial charge in [-0.2, -0.15) is 5.10 Å². The Bertz CT molecular complexity index is 1430. The van der Waals surface area contributed by atoms with Crippen LogP contribution in [0.1, 0.15) is 40.4 Å². The maximum absolute atomic E-state index is 13.7. The number of aryl methyl sites for hydroxylation is 2. The number of aliphatic hydroxyl groups excluding tert-OH is 1. The van der Waals surface area contributed by atoms with Crippen molar-refractivity contribution in [3.8, 4) is 5.75 Å². The van der Waals surface area contributed by atoms with Gasteiger partial charge in [-0.15, -0.1) is 0 Å². The molecule has 1 aliphatic rings. The first-order valence-corrected chi connectivity index (χ1v) is 13.3. The van der Waals surface area contributed by atoms with Crippen molar-refractivity contribution in [3.63, 3.8) is 0 Å². The van der Waals surface area contributed by atoms with Crippen molar-refractivity contribution >= 4 is 29.2 Å². The summed E-state index contributed by atoms with van der Waals surface area (Å²) >= 11 is 0. The fraction of sp³-hybridized carbons (Fsp3) is 0.379. The van der Waals surface area contributed by atoms with Gasteiger partial charge >= 0.3 is 6.03 Å². The van der Waals surface area contributed by atoms with Crippen LogP contribution < -0.4 is 15.4 Å². The molecule has 2 aromatic carbocycles. The van der Waals surface area contributed by atoms with Gasteiger partial charge in [-0.1, -0.05) is 13.0 Å². The Kier molecular flexibility index (Phi) is 8.92. The summed E-state index contributed by atoms with van der Waals surface area (Å²) in [6.07, 6.45) is -0.601. The molecule has 3 N–H and O–H groups in total. The number of likely N-dealkylation sites (N-methyl/N-ethyl adjacent to an activating group) is 1. The van der Waals surface area contributed by atoms with Crippen LogP contribution in [0.3, 0.4) is 0 Å². The highest BCUT2D eigenvalue weighted by molar-refractivity contribution is 6.06. The SMILES string of the molecule is Cc1cc(C(=O)Nc2cccc3c2O[C@@H](CN(C)C(=O)Nc2ccc(F)cc2)[C@@H](C)CN([C@@H](C)CO)C3=O)n(C)n1. The van der Waals surface area contributed by atoms with Crippen molar-refractivity contribution in [2.45, 2.75) is 32.9 Å². The number of nitrogens with zero attached hydrogens (tertiary/aromatic N) is 4. The average molecular weight is 567 g/mol. The van der Waals surface area contributed by atoms with Gasteiger partial charge in [0.25, 0.3) is 11.8 Å². The van der Waals surface area contributed by atoms with Crippen molar-refractivity contribution in [1.29, 1.82) is 0 Å². The number of aromatic nitrogens is 2. The van der Waals surface area contributed by atoms with E-state index < -0.39 is 29.9 Å². The zero-order chi connectivity index (χ0) is 29.8. The summed E-state index contributed by atoms with van der Waals surface area (Å²) in [5.74, 6) is -1.29. The number of anilines is 2. The third-order valence-corrected chi connectivity index (χ3v) is 7.07. The molecule has 0 aliphatic carbocycles. The second-order valence-corrected chi connectivity index (χ2v) is 10.4. The lowest BCUT2D eigenvalue weighted by molar-refractivity contribution is 0.0372. The Hall–Kier alpha value is -4.45. The molecule has 0 radical (unpaired) electrons. The number of hydrogen-bond acceptors (Lipinski definition) is 6. The van der Waals surface area contributed by atoms with Crippen LogP contribution in [0.4, 0.5) is 20.6 Å². The quantitative estimate of drug-likeness (QED) is 0.402. The monoisotopic (exact) mass is 566 g/mol. The highest BCUT2D eigenvalue weighted by Crippen LogP contribution is 2.35.